The second-order valence-corrected chi connectivity index (χ2v) is 4.41. The molecule has 1 aromatic carbocycles. The maximum atomic E-state index is 11.8. The summed E-state index contributed by atoms with van der Waals surface area (Å²) in [7, 11) is 1.69. The van der Waals surface area contributed by atoms with E-state index in [1.54, 1.807) is 7.11 Å². The summed E-state index contributed by atoms with van der Waals surface area (Å²) >= 11 is 0. The molecule has 0 atom stereocenters. The van der Waals surface area contributed by atoms with Crippen molar-refractivity contribution in [2.75, 3.05) is 7.11 Å². The summed E-state index contributed by atoms with van der Waals surface area (Å²) in [6.07, 6.45) is 3.53. The largest absolute Gasteiger partial charge is 0.496 e. The molecule has 0 saturated heterocycles. The Bertz CT molecular complexity index is 497. The zero-order valence-electron chi connectivity index (χ0n) is 9.38. The number of methoxy groups -OCH3 is 1. The van der Waals surface area contributed by atoms with Crippen molar-refractivity contribution in [2.24, 2.45) is 0 Å². The lowest BCUT2D eigenvalue weighted by Crippen LogP contribution is -2.08. The van der Waals surface area contributed by atoms with Crippen molar-refractivity contribution in [1.82, 2.24) is 0 Å². The molecule has 0 bridgehead atoms. The van der Waals surface area contributed by atoms with Crippen LogP contribution >= 0.6 is 0 Å². The fraction of sp³-hybridized carbons (Fsp3) is 0.357. The Kier molecular flexibility index (Phi) is 2.10. The zero-order valence-corrected chi connectivity index (χ0v) is 9.38. The number of fused-ring (bicyclic) bond motifs is 2. The predicted molar refractivity (Wildman–Crippen MR) is 62.5 cm³/mol. The Morgan fingerprint density at radius 2 is 2.06 bits per heavy atom. The van der Waals surface area contributed by atoms with E-state index in [2.05, 4.69) is 6.07 Å². The third-order valence-corrected chi connectivity index (χ3v) is 3.53. The molecule has 0 aromatic heterocycles. The van der Waals surface area contributed by atoms with E-state index in [1.165, 1.54) is 16.7 Å². The molecule has 2 aliphatic rings. The summed E-state index contributed by atoms with van der Waals surface area (Å²) in [5.41, 5.74) is 4.71. The molecule has 16 heavy (non-hydrogen) atoms. The minimum Gasteiger partial charge on any atom is -0.496 e. The van der Waals surface area contributed by atoms with Gasteiger partial charge >= 0.3 is 0 Å². The summed E-state index contributed by atoms with van der Waals surface area (Å²) in [6.45, 7) is 0. The van der Waals surface area contributed by atoms with E-state index in [4.69, 9.17) is 4.74 Å². The van der Waals surface area contributed by atoms with Gasteiger partial charge in [0.2, 0.25) is 0 Å². The van der Waals surface area contributed by atoms with Gasteiger partial charge in [0.05, 0.1) is 7.11 Å². The molecule has 82 valence electrons. The van der Waals surface area contributed by atoms with Crippen LogP contribution in [-0.2, 0) is 11.2 Å². The van der Waals surface area contributed by atoms with Crippen molar-refractivity contribution in [3.05, 3.63) is 34.9 Å². The Labute approximate surface area is 94.9 Å². The van der Waals surface area contributed by atoms with Gasteiger partial charge in [-0.1, -0.05) is 12.1 Å². The Balaban J connectivity index is 2.19. The second kappa shape index (κ2) is 3.48. The van der Waals surface area contributed by atoms with E-state index in [0.717, 1.165) is 37.0 Å². The van der Waals surface area contributed by atoms with E-state index in [1.807, 2.05) is 12.1 Å². The Morgan fingerprint density at radius 1 is 1.19 bits per heavy atom. The zero-order chi connectivity index (χ0) is 11.1. The lowest BCUT2D eigenvalue weighted by molar-refractivity contribution is -0.115. The van der Waals surface area contributed by atoms with Crippen LogP contribution in [0.15, 0.2) is 23.8 Å². The van der Waals surface area contributed by atoms with Crippen molar-refractivity contribution in [2.45, 2.75) is 25.7 Å². The molecule has 1 aromatic rings. The second-order valence-electron chi connectivity index (χ2n) is 4.41. The fourth-order valence-electron chi connectivity index (χ4n) is 2.80. The van der Waals surface area contributed by atoms with Crippen LogP contribution in [0, 0.1) is 0 Å². The van der Waals surface area contributed by atoms with Gasteiger partial charge in [-0.05, 0) is 30.0 Å². The summed E-state index contributed by atoms with van der Waals surface area (Å²) < 4.78 is 5.40. The Morgan fingerprint density at radius 3 is 2.88 bits per heavy atom. The Hall–Kier alpha value is -1.57. The summed E-state index contributed by atoms with van der Waals surface area (Å²) in [4.78, 5) is 11.8. The van der Waals surface area contributed by atoms with Crippen molar-refractivity contribution in [3.8, 4) is 5.75 Å². The van der Waals surface area contributed by atoms with Gasteiger partial charge in [-0.15, -0.1) is 0 Å². The van der Waals surface area contributed by atoms with Crippen LogP contribution in [0.25, 0.3) is 5.57 Å². The number of Topliss-reactive ketones (excluding diaryl/α,β-unsaturated/α-hetero) is 1. The number of carbonyl (C=O) groups excluding carboxylic acids is 1. The van der Waals surface area contributed by atoms with E-state index < -0.39 is 0 Å². The fourth-order valence-corrected chi connectivity index (χ4v) is 2.80. The maximum Gasteiger partial charge on any atom is 0.159 e. The highest BCUT2D eigenvalue weighted by Gasteiger charge is 2.30. The lowest BCUT2D eigenvalue weighted by Gasteiger charge is -2.15. The van der Waals surface area contributed by atoms with E-state index in [-0.39, 0.29) is 0 Å². The molecule has 0 amide bonds. The number of carbonyl (C=O) groups is 1. The summed E-state index contributed by atoms with van der Waals surface area (Å²) in [6, 6.07) is 6.08. The number of allylic oxidation sites excluding steroid dienone is 2. The van der Waals surface area contributed by atoms with Crippen LogP contribution in [0.4, 0.5) is 0 Å². The number of rotatable bonds is 1. The monoisotopic (exact) mass is 214 g/mol. The van der Waals surface area contributed by atoms with Gasteiger partial charge < -0.3 is 4.74 Å². The van der Waals surface area contributed by atoms with Gasteiger partial charge in [-0.3, -0.25) is 4.79 Å². The van der Waals surface area contributed by atoms with E-state index >= 15 is 0 Å². The van der Waals surface area contributed by atoms with Gasteiger partial charge in [-0.2, -0.15) is 0 Å². The molecule has 0 unspecified atom stereocenters. The van der Waals surface area contributed by atoms with Crippen molar-refractivity contribution >= 4 is 11.4 Å². The standard InChI is InChI=1S/C14H14O2/c1-16-13-7-2-4-9-8-11-10(14(9)13)5-3-6-12(11)15/h2,4,7H,3,5-6,8H2,1H3. The SMILES string of the molecule is COc1cccc2c1C1=C(C2)C(=O)CCC1. The number of ketones is 1. The average molecular weight is 214 g/mol. The number of hydrogen-bond donors (Lipinski definition) is 0. The molecule has 2 aliphatic carbocycles. The first-order valence-electron chi connectivity index (χ1n) is 5.72. The van der Waals surface area contributed by atoms with E-state index in [0.29, 0.717) is 5.78 Å². The molecule has 0 saturated carbocycles. The molecule has 0 N–H and O–H groups in total. The highest BCUT2D eigenvalue weighted by molar-refractivity contribution is 6.07. The van der Waals surface area contributed by atoms with Crippen LogP contribution in [0.1, 0.15) is 30.4 Å². The van der Waals surface area contributed by atoms with Gasteiger partial charge in [-0.25, -0.2) is 0 Å². The van der Waals surface area contributed by atoms with Crippen LogP contribution in [0.5, 0.6) is 5.75 Å². The molecule has 3 rings (SSSR count). The molecule has 2 nitrogen and oxygen atoms in total. The topological polar surface area (TPSA) is 26.3 Å². The first-order chi connectivity index (χ1) is 7.81. The molecule has 0 fully saturated rings. The quantitative estimate of drug-likeness (QED) is 0.718. The minimum absolute atomic E-state index is 0.333. The number of ether oxygens (including phenoxy) is 1. The van der Waals surface area contributed by atoms with Gasteiger partial charge in [0, 0.05) is 24.0 Å². The third-order valence-electron chi connectivity index (χ3n) is 3.53. The first kappa shape index (κ1) is 9.64. The van der Waals surface area contributed by atoms with Crippen LogP contribution < -0.4 is 4.74 Å². The molecule has 0 heterocycles. The van der Waals surface area contributed by atoms with E-state index in [9.17, 15) is 4.79 Å². The molecule has 0 aliphatic heterocycles. The predicted octanol–water partition coefficient (Wildman–Crippen LogP) is 2.76. The highest BCUT2D eigenvalue weighted by Crippen LogP contribution is 2.44. The first-order valence-corrected chi connectivity index (χ1v) is 5.72. The smallest absolute Gasteiger partial charge is 0.159 e. The number of hydrogen-bond acceptors (Lipinski definition) is 2. The number of benzene rings is 1. The van der Waals surface area contributed by atoms with Gasteiger partial charge in [0.25, 0.3) is 0 Å². The van der Waals surface area contributed by atoms with Gasteiger partial charge in [0.15, 0.2) is 5.78 Å². The van der Waals surface area contributed by atoms with Crippen molar-refractivity contribution in [3.63, 3.8) is 0 Å². The normalized spacial score (nSPS) is 18.4. The van der Waals surface area contributed by atoms with Crippen LogP contribution in [-0.4, -0.2) is 12.9 Å². The lowest BCUT2D eigenvalue weighted by atomic mass is 9.90. The third kappa shape index (κ3) is 1.22. The molecule has 2 heteroatoms. The molecular formula is C14H14O2. The summed E-state index contributed by atoms with van der Waals surface area (Å²) in [5, 5.41) is 0. The summed E-state index contributed by atoms with van der Waals surface area (Å²) in [5.74, 6) is 1.25. The molecular weight excluding hydrogens is 200 g/mol. The van der Waals surface area contributed by atoms with Crippen LogP contribution in [0.2, 0.25) is 0 Å². The maximum absolute atomic E-state index is 11.8. The van der Waals surface area contributed by atoms with Gasteiger partial charge in [0.1, 0.15) is 5.75 Å². The van der Waals surface area contributed by atoms with Crippen molar-refractivity contribution < 1.29 is 9.53 Å². The molecule has 0 spiro atoms. The highest BCUT2D eigenvalue weighted by atomic mass is 16.5. The van der Waals surface area contributed by atoms with Crippen molar-refractivity contribution in [1.29, 1.82) is 0 Å². The molecule has 0 radical (unpaired) electrons. The average Bonchev–Trinajstić information content (AvgIpc) is 2.69. The van der Waals surface area contributed by atoms with Crippen LogP contribution in [0.3, 0.4) is 0 Å². The minimum atomic E-state index is 0.333.